The van der Waals surface area contributed by atoms with Gasteiger partial charge in [0.2, 0.25) is 17.8 Å². The third-order valence-electron chi connectivity index (χ3n) is 5.86. The van der Waals surface area contributed by atoms with E-state index in [0.29, 0.717) is 48.8 Å². The van der Waals surface area contributed by atoms with Crippen LogP contribution in [-0.4, -0.2) is 84.6 Å². The predicted octanol–water partition coefficient (Wildman–Crippen LogP) is 2.44. The first kappa shape index (κ1) is 29.1. The van der Waals surface area contributed by atoms with Crippen molar-refractivity contribution in [2.45, 2.75) is 31.5 Å². The number of likely N-dealkylation sites (N-methyl/N-ethyl adjacent to an activating group) is 1. The number of nitriles is 1. The zero-order valence-electron chi connectivity index (χ0n) is 22.4. The third-order valence-corrected chi connectivity index (χ3v) is 5.86. The molecule has 0 bridgehead atoms. The van der Waals surface area contributed by atoms with Gasteiger partial charge >= 0.3 is 0 Å². The van der Waals surface area contributed by atoms with E-state index >= 15 is 0 Å². The molecule has 2 atom stereocenters. The molecule has 10 nitrogen and oxygen atoms in total. The average Bonchev–Trinajstić information content (AvgIpc) is 3.33. The first-order valence-electron chi connectivity index (χ1n) is 12.6. The molecule has 2 amide bonds. The molecule has 3 N–H and O–H groups in total. The highest BCUT2D eigenvalue weighted by Gasteiger charge is 2.38. The molecule has 0 unspecified atom stereocenters. The van der Waals surface area contributed by atoms with Crippen LogP contribution in [0.1, 0.15) is 30.4 Å². The maximum absolute atomic E-state index is 14.0. The standard InChI is InChI=1S/C28H33FN8O2/c1-31-26-21(18-33-28(35-26)34-23-12-10-20(17-30)11-13-23)8-5-4-6-14-32-27(39)24-16-22(29)19-37(24)25(38)9-7-15-36(2)3/h7,9-13,18,22,24H,4,6,14-16,19H2,1-3H3,(H,32,39)(H2,31,33,34,35)/t22-,24-/m0/s1. The van der Waals surface area contributed by atoms with E-state index in [2.05, 4.69) is 43.8 Å². The molecule has 204 valence electrons. The Morgan fingerprint density at radius 2 is 2.05 bits per heavy atom. The molecule has 1 aromatic carbocycles. The molecular weight excluding hydrogens is 499 g/mol. The smallest absolute Gasteiger partial charge is 0.247 e. The number of anilines is 3. The second kappa shape index (κ2) is 14.5. The second-order valence-electron chi connectivity index (χ2n) is 9.22. The van der Waals surface area contributed by atoms with Gasteiger partial charge in [-0.2, -0.15) is 10.2 Å². The Morgan fingerprint density at radius 3 is 2.74 bits per heavy atom. The number of carbonyl (C=O) groups is 2. The molecule has 39 heavy (non-hydrogen) atoms. The largest absolute Gasteiger partial charge is 0.372 e. The van der Waals surface area contributed by atoms with Crippen LogP contribution in [0.5, 0.6) is 0 Å². The van der Waals surface area contributed by atoms with E-state index in [1.165, 1.54) is 11.0 Å². The van der Waals surface area contributed by atoms with E-state index in [-0.39, 0.29) is 24.8 Å². The van der Waals surface area contributed by atoms with Gasteiger partial charge in [-0.05, 0) is 44.8 Å². The van der Waals surface area contributed by atoms with Crippen LogP contribution in [0.15, 0.2) is 42.6 Å². The molecule has 2 aromatic rings. The van der Waals surface area contributed by atoms with Crippen LogP contribution in [0.2, 0.25) is 0 Å². The summed E-state index contributed by atoms with van der Waals surface area (Å²) in [6.45, 7) is 0.868. The molecule has 1 fully saturated rings. The van der Waals surface area contributed by atoms with Gasteiger partial charge in [0.05, 0.1) is 29.9 Å². The van der Waals surface area contributed by atoms with Crippen molar-refractivity contribution in [3.63, 3.8) is 0 Å². The lowest BCUT2D eigenvalue weighted by Crippen LogP contribution is -2.45. The molecule has 0 spiro atoms. The van der Waals surface area contributed by atoms with Crippen LogP contribution in [0.3, 0.4) is 0 Å². The Bertz CT molecular complexity index is 1280. The van der Waals surface area contributed by atoms with E-state index in [1.54, 1.807) is 43.6 Å². The van der Waals surface area contributed by atoms with Crippen LogP contribution in [0.4, 0.5) is 21.8 Å². The molecular formula is C28H33FN8O2. The minimum atomic E-state index is -1.22. The van der Waals surface area contributed by atoms with Gasteiger partial charge in [0.1, 0.15) is 18.0 Å². The van der Waals surface area contributed by atoms with Gasteiger partial charge in [0.15, 0.2) is 0 Å². The lowest BCUT2D eigenvalue weighted by atomic mass is 10.2. The van der Waals surface area contributed by atoms with Crippen molar-refractivity contribution < 1.29 is 14.0 Å². The van der Waals surface area contributed by atoms with E-state index < -0.39 is 12.2 Å². The molecule has 1 aliphatic rings. The van der Waals surface area contributed by atoms with Crippen LogP contribution >= 0.6 is 0 Å². The lowest BCUT2D eigenvalue weighted by molar-refractivity contribution is -0.135. The Hall–Kier alpha value is -4.48. The van der Waals surface area contributed by atoms with Crippen LogP contribution in [0.25, 0.3) is 0 Å². The molecule has 11 heteroatoms. The number of rotatable bonds is 10. The SMILES string of the molecule is CNc1nc(Nc2ccc(C#N)cc2)ncc1C#CCCCNC(=O)[C@@H]1C[C@H](F)CN1C(=O)C=CCN(C)C. The number of nitrogens with zero attached hydrogens (tertiary/aromatic N) is 5. The normalized spacial score (nSPS) is 16.5. The van der Waals surface area contributed by atoms with Gasteiger partial charge in [-0.3, -0.25) is 9.59 Å². The van der Waals surface area contributed by atoms with Crippen molar-refractivity contribution in [1.82, 2.24) is 25.1 Å². The quantitative estimate of drug-likeness (QED) is 0.242. The second-order valence-corrected chi connectivity index (χ2v) is 9.22. The van der Waals surface area contributed by atoms with Crippen molar-refractivity contribution >= 4 is 29.3 Å². The highest BCUT2D eigenvalue weighted by Crippen LogP contribution is 2.21. The fourth-order valence-corrected chi connectivity index (χ4v) is 3.88. The van der Waals surface area contributed by atoms with Gasteiger partial charge in [-0.1, -0.05) is 17.9 Å². The van der Waals surface area contributed by atoms with Crippen molar-refractivity contribution in [3.8, 4) is 17.9 Å². The molecule has 1 aliphatic heterocycles. The summed E-state index contributed by atoms with van der Waals surface area (Å²) in [5.41, 5.74) is 1.95. The van der Waals surface area contributed by atoms with E-state index in [0.717, 1.165) is 5.69 Å². The molecule has 3 rings (SSSR count). The lowest BCUT2D eigenvalue weighted by Gasteiger charge is -2.22. The number of unbranched alkanes of at least 4 members (excludes halogenated alkanes) is 1. The number of amides is 2. The number of hydrogen-bond donors (Lipinski definition) is 3. The first-order chi connectivity index (χ1) is 18.8. The van der Waals surface area contributed by atoms with Gasteiger partial charge in [0, 0.05) is 44.7 Å². The van der Waals surface area contributed by atoms with Crippen molar-refractivity contribution in [1.29, 1.82) is 5.26 Å². The van der Waals surface area contributed by atoms with Gasteiger partial charge in [-0.15, -0.1) is 0 Å². The molecule has 2 heterocycles. The van der Waals surface area contributed by atoms with Gasteiger partial charge in [0.25, 0.3) is 0 Å². The molecule has 1 saturated heterocycles. The average molecular weight is 533 g/mol. The summed E-state index contributed by atoms with van der Waals surface area (Å²) in [7, 11) is 5.50. The summed E-state index contributed by atoms with van der Waals surface area (Å²) in [6.07, 6.45) is 4.61. The fraction of sp³-hybridized carbons (Fsp3) is 0.393. The predicted molar refractivity (Wildman–Crippen MR) is 148 cm³/mol. The molecule has 0 radical (unpaired) electrons. The van der Waals surface area contributed by atoms with Crippen LogP contribution < -0.4 is 16.0 Å². The summed E-state index contributed by atoms with van der Waals surface area (Å²) >= 11 is 0. The number of nitrogens with one attached hydrogen (secondary N) is 3. The molecule has 1 aromatic heterocycles. The van der Waals surface area contributed by atoms with E-state index in [4.69, 9.17) is 5.26 Å². The highest BCUT2D eigenvalue weighted by atomic mass is 19.1. The van der Waals surface area contributed by atoms with Crippen LogP contribution in [-0.2, 0) is 9.59 Å². The summed E-state index contributed by atoms with van der Waals surface area (Å²) in [6, 6.07) is 8.22. The van der Waals surface area contributed by atoms with Gasteiger partial charge in [-0.25, -0.2) is 9.37 Å². The fourth-order valence-electron chi connectivity index (χ4n) is 3.88. The number of halogens is 1. The zero-order chi connectivity index (χ0) is 28.2. The van der Waals surface area contributed by atoms with Crippen molar-refractivity contribution in [3.05, 3.63) is 53.7 Å². The monoisotopic (exact) mass is 532 g/mol. The molecule has 0 saturated carbocycles. The van der Waals surface area contributed by atoms with Crippen LogP contribution in [0, 0.1) is 23.2 Å². The third kappa shape index (κ3) is 8.80. The maximum atomic E-state index is 14.0. The Kier molecular flexibility index (Phi) is 10.8. The van der Waals surface area contributed by atoms with E-state index in [1.807, 2.05) is 19.0 Å². The maximum Gasteiger partial charge on any atom is 0.247 e. The number of alkyl halides is 1. The minimum Gasteiger partial charge on any atom is -0.372 e. The number of carbonyl (C=O) groups excluding carboxylic acids is 2. The van der Waals surface area contributed by atoms with Crippen molar-refractivity contribution in [2.75, 3.05) is 51.4 Å². The van der Waals surface area contributed by atoms with E-state index in [9.17, 15) is 14.0 Å². The summed E-state index contributed by atoms with van der Waals surface area (Å²) in [5.74, 6) is 6.34. The number of hydrogen-bond acceptors (Lipinski definition) is 8. The Labute approximate surface area is 228 Å². The minimum absolute atomic E-state index is 0.00171. The highest BCUT2D eigenvalue weighted by molar-refractivity contribution is 5.93. The molecule has 0 aliphatic carbocycles. The zero-order valence-corrected chi connectivity index (χ0v) is 22.4. The summed E-state index contributed by atoms with van der Waals surface area (Å²) in [5, 5.41) is 17.8. The topological polar surface area (TPSA) is 126 Å². The summed E-state index contributed by atoms with van der Waals surface area (Å²) < 4.78 is 14.0. The number of likely N-dealkylation sites (tertiary alicyclic amines) is 1. The Morgan fingerprint density at radius 1 is 1.28 bits per heavy atom. The summed E-state index contributed by atoms with van der Waals surface area (Å²) in [4.78, 5) is 37.0. The first-order valence-corrected chi connectivity index (χ1v) is 12.6. The number of benzene rings is 1. The Balaban J connectivity index is 1.48. The van der Waals surface area contributed by atoms with Crippen molar-refractivity contribution in [2.24, 2.45) is 0 Å². The van der Waals surface area contributed by atoms with Gasteiger partial charge < -0.3 is 25.8 Å². The number of aromatic nitrogens is 2.